The molecule has 7 nitrogen and oxygen atoms in total. The molecule has 3 heterocycles. The summed E-state index contributed by atoms with van der Waals surface area (Å²) in [6.07, 6.45) is -3.09. The van der Waals surface area contributed by atoms with Gasteiger partial charge in [-0.3, -0.25) is 9.48 Å². The van der Waals surface area contributed by atoms with Crippen molar-refractivity contribution in [2.75, 3.05) is 5.32 Å². The molecule has 0 spiro atoms. The molecule has 0 saturated heterocycles. The van der Waals surface area contributed by atoms with E-state index in [1.165, 1.54) is 6.07 Å². The number of anilines is 1. The van der Waals surface area contributed by atoms with Crippen LogP contribution in [0.3, 0.4) is 0 Å². The first-order valence-electron chi connectivity index (χ1n) is 11.4. The van der Waals surface area contributed by atoms with Crippen LogP contribution in [0.15, 0.2) is 59.2 Å². The molecule has 3 aromatic heterocycles. The minimum Gasteiger partial charge on any atom is -0.303 e. The van der Waals surface area contributed by atoms with Crippen molar-refractivity contribution in [2.24, 2.45) is 0 Å². The molecule has 0 aliphatic carbocycles. The number of halogens is 6. The third-order valence-corrected chi connectivity index (χ3v) is 7.35. The van der Waals surface area contributed by atoms with Crippen LogP contribution >= 0.6 is 39.1 Å². The maximum Gasteiger partial charge on any atom is 0.433 e. The topological polar surface area (TPSA) is 77.1 Å². The van der Waals surface area contributed by atoms with Crippen LogP contribution < -0.4 is 5.32 Å². The van der Waals surface area contributed by atoms with Crippen molar-refractivity contribution in [1.29, 1.82) is 0 Å². The Balaban J connectivity index is 1.45. The molecular weight excluding hydrogens is 620 g/mol. The highest BCUT2D eigenvalue weighted by Gasteiger charge is 2.35. The summed E-state index contributed by atoms with van der Waals surface area (Å²) in [6.45, 7) is 4.11. The number of nitrogens with zero attached hydrogens (tertiary/aromatic N) is 5. The van der Waals surface area contributed by atoms with Crippen molar-refractivity contribution in [1.82, 2.24) is 24.4 Å². The molecule has 0 saturated carbocycles. The molecule has 5 aromatic rings. The van der Waals surface area contributed by atoms with Crippen LogP contribution in [0.5, 0.6) is 0 Å². The van der Waals surface area contributed by atoms with Gasteiger partial charge in [0.05, 0.1) is 26.8 Å². The van der Waals surface area contributed by atoms with Crippen LogP contribution in [0.1, 0.15) is 32.9 Å². The number of carbonyl (C=O) groups excluding carboxylic acids is 1. The van der Waals surface area contributed by atoms with Gasteiger partial charge in [0.2, 0.25) is 0 Å². The molecule has 39 heavy (non-hydrogen) atoms. The second-order valence-corrected chi connectivity index (χ2v) is 10.5. The summed E-state index contributed by atoms with van der Waals surface area (Å²) in [4.78, 5) is 17.3. The van der Waals surface area contributed by atoms with Crippen molar-refractivity contribution in [2.45, 2.75) is 26.6 Å². The minimum atomic E-state index is -4.73. The average molecular weight is 638 g/mol. The van der Waals surface area contributed by atoms with Gasteiger partial charge in [0.1, 0.15) is 0 Å². The normalized spacial score (nSPS) is 11.8. The van der Waals surface area contributed by atoms with E-state index in [0.29, 0.717) is 31.1 Å². The molecule has 0 aliphatic rings. The monoisotopic (exact) mass is 636 g/mol. The Morgan fingerprint density at radius 3 is 2.46 bits per heavy atom. The van der Waals surface area contributed by atoms with Crippen LogP contribution in [0, 0.1) is 13.8 Å². The zero-order valence-electron chi connectivity index (χ0n) is 20.3. The first kappa shape index (κ1) is 27.2. The highest BCUT2D eigenvalue weighted by molar-refractivity contribution is 9.10. The van der Waals surface area contributed by atoms with Crippen molar-refractivity contribution < 1.29 is 18.0 Å². The van der Waals surface area contributed by atoms with Crippen LogP contribution in [-0.4, -0.2) is 30.3 Å². The van der Waals surface area contributed by atoms with Crippen LogP contribution in [0.4, 0.5) is 19.0 Å². The van der Waals surface area contributed by atoms with Crippen molar-refractivity contribution >= 4 is 56.5 Å². The zero-order valence-corrected chi connectivity index (χ0v) is 23.4. The van der Waals surface area contributed by atoms with Gasteiger partial charge < -0.3 is 5.32 Å². The molecule has 1 amide bonds. The molecular formula is C26H18BrCl2F3N6O. The number of amides is 1. The summed E-state index contributed by atoms with van der Waals surface area (Å²) < 4.78 is 44.6. The summed E-state index contributed by atoms with van der Waals surface area (Å²) in [5, 5.41) is 11.6. The number of hydrogen-bond donors (Lipinski definition) is 1. The van der Waals surface area contributed by atoms with Crippen LogP contribution in [0.2, 0.25) is 10.0 Å². The minimum absolute atomic E-state index is 0.118. The first-order chi connectivity index (χ1) is 18.4. The molecule has 2 aromatic carbocycles. The summed E-state index contributed by atoms with van der Waals surface area (Å²) in [5.74, 6) is -0.584. The molecule has 0 unspecified atom stereocenters. The van der Waals surface area contributed by atoms with Gasteiger partial charge in [-0.15, -0.1) is 0 Å². The smallest absolute Gasteiger partial charge is 0.303 e. The van der Waals surface area contributed by atoms with E-state index in [1.54, 1.807) is 41.2 Å². The highest BCUT2D eigenvalue weighted by atomic mass is 79.9. The number of alkyl halides is 3. The van der Waals surface area contributed by atoms with Crippen molar-refractivity contribution in [3.63, 3.8) is 0 Å². The van der Waals surface area contributed by atoms with Crippen LogP contribution in [-0.2, 0) is 12.7 Å². The van der Waals surface area contributed by atoms with Crippen LogP contribution in [0.25, 0.3) is 16.9 Å². The maximum atomic E-state index is 14.0. The van der Waals surface area contributed by atoms with E-state index in [4.69, 9.17) is 23.2 Å². The number of fused-ring (bicyclic) bond motifs is 1. The quantitative estimate of drug-likeness (QED) is 0.215. The number of aryl methyl sites for hydroxylation is 2. The Morgan fingerprint density at radius 1 is 1.00 bits per heavy atom. The second-order valence-electron chi connectivity index (χ2n) is 8.85. The fourth-order valence-corrected chi connectivity index (χ4v) is 4.63. The van der Waals surface area contributed by atoms with E-state index in [9.17, 15) is 18.0 Å². The Morgan fingerprint density at radius 2 is 1.77 bits per heavy atom. The van der Waals surface area contributed by atoms with E-state index in [2.05, 4.69) is 36.4 Å². The molecule has 5 rings (SSSR count). The summed E-state index contributed by atoms with van der Waals surface area (Å²) >= 11 is 15.4. The largest absolute Gasteiger partial charge is 0.433 e. The van der Waals surface area contributed by atoms with E-state index >= 15 is 0 Å². The fraction of sp³-hybridized carbons (Fsp3) is 0.154. The molecule has 1 N–H and O–H groups in total. The van der Waals surface area contributed by atoms with Gasteiger partial charge in [0, 0.05) is 17.8 Å². The van der Waals surface area contributed by atoms with Gasteiger partial charge in [-0.1, -0.05) is 41.4 Å². The standard InChI is InChI=1S/C26H18BrCl2F3N6O/c1-13-3-5-16(7-14(13)2)20-9-22(26(30,31)32)38-23(33-20)10-21(35-38)25(39)34-24-17(27)12-37(36-24)11-15-4-6-18(28)19(29)8-15/h3-10,12H,11H2,1-2H3,(H,34,36,39). The molecule has 0 fully saturated rings. The van der Waals surface area contributed by atoms with Gasteiger partial charge in [-0.25, -0.2) is 9.50 Å². The lowest BCUT2D eigenvalue weighted by Crippen LogP contribution is -2.16. The van der Waals surface area contributed by atoms with Gasteiger partial charge in [-0.05, 0) is 70.7 Å². The number of hydrogen-bond acceptors (Lipinski definition) is 4. The summed E-state index contributed by atoms with van der Waals surface area (Å²) in [5.41, 5.74) is 1.96. The first-order valence-corrected chi connectivity index (χ1v) is 13.0. The molecule has 200 valence electrons. The Hall–Kier alpha value is -3.41. The number of carbonyl (C=O) groups is 1. The third-order valence-electron chi connectivity index (χ3n) is 6.03. The molecule has 13 heteroatoms. The van der Waals surface area contributed by atoms with Gasteiger partial charge in [0.25, 0.3) is 5.91 Å². The summed E-state index contributed by atoms with van der Waals surface area (Å²) in [6, 6.07) is 12.6. The average Bonchev–Trinajstić information content (AvgIpc) is 3.45. The molecule has 0 aliphatic heterocycles. The molecule has 0 radical (unpaired) electrons. The van der Waals surface area contributed by atoms with E-state index in [0.717, 1.165) is 22.8 Å². The lowest BCUT2D eigenvalue weighted by atomic mass is 10.0. The lowest BCUT2D eigenvalue weighted by Gasteiger charge is -2.11. The maximum absolute atomic E-state index is 14.0. The van der Waals surface area contributed by atoms with E-state index in [1.807, 2.05) is 19.9 Å². The van der Waals surface area contributed by atoms with Gasteiger partial charge >= 0.3 is 6.18 Å². The lowest BCUT2D eigenvalue weighted by molar-refractivity contribution is -0.142. The predicted octanol–water partition coefficient (Wildman–Crippen LogP) is 7.60. The van der Waals surface area contributed by atoms with Gasteiger partial charge in [0.15, 0.2) is 22.9 Å². The van der Waals surface area contributed by atoms with Crippen molar-refractivity contribution in [3.8, 4) is 11.3 Å². The van der Waals surface area contributed by atoms with Crippen molar-refractivity contribution in [3.05, 3.63) is 97.3 Å². The van der Waals surface area contributed by atoms with Gasteiger partial charge in [-0.2, -0.15) is 23.4 Å². The second kappa shape index (κ2) is 10.3. The highest BCUT2D eigenvalue weighted by Crippen LogP contribution is 2.33. The molecule has 0 atom stereocenters. The summed E-state index contributed by atoms with van der Waals surface area (Å²) in [7, 11) is 0. The number of rotatable bonds is 5. The third kappa shape index (κ3) is 5.66. The number of benzene rings is 2. The molecule has 0 bridgehead atoms. The predicted molar refractivity (Wildman–Crippen MR) is 146 cm³/mol. The zero-order chi connectivity index (χ0) is 28.1. The SMILES string of the molecule is Cc1ccc(-c2cc(C(F)(F)F)n3nc(C(=O)Nc4nn(Cc5ccc(Cl)c(Cl)c5)cc4Br)cc3n2)cc1C. The van der Waals surface area contributed by atoms with E-state index < -0.39 is 17.8 Å². The van der Waals surface area contributed by atoms with E-state index in [-0.39, 0.29) is 22.9 Å². The Labute approximate surface area is 238 Å². The Kier molecular flexibility index (Phi) is 7.17. The number of nitrogens with one attached hydrogen (secondary N) is 1. The Bertz CT molecular complexity index is 1750. The fourth-order valence-electron chi connectivity index (χ4n) is 3.90. The number of aromatic nitrogens is 5.